The zero-order valence-corrected chi connectivity index (χ0v) is 10.8. The molecule has 0 unspecified atom stereocenters. The summed E-state index contributed by atoms with van der Waals surface area (Å²) in [7, 11) is 0. The quantitative estimate of drug-likeness (QED) is 0.586. The fraction of sp³-hybridized carbons (Fsp3) is 0.600. The lowest BCUT2D eigenvalue weighted by Crippen LogP contribution is -2.51. The highest BCUT2D eigenvalue weighted by molar-refractivity contribution is 7.97. The van der Waals surface area contributed by atoms with Gasteiger partial charge in [0.15, 0.2) is 0 Å². The van der Waals surface area contributed by atoms with E-state index in [1.165, 1.54) is 0 Å². The highest BCUT2D eigenvalue weighted by Crippen LogP contribution is 2.43. The Hall–Kier alpha value is -0.520. The van der Waals surface area contributed by atoms with Gasteiger partial charge in [0.1, 0.15) is 10.8 Å². The predicted molar refractivity (Wildman–Crippen MR) is 67.1 cm³/mol. The molecule has 1 heterocycles. The molecule has 1 aliphatic carbocycles. The van der Waals surface area contributed by atoms with Crippen LogP contribution < -0.4 is 5.84 Å². The van der Waals surface area contributed by atoms with Gasteiger partial charge >= 0.3 is 0 Å². The molecule has 1 fully saturated rings. The first-order valence-electron chi connectivity index (χ1n) is 5.12. The molecule has 0 spiro atoms. The van der Waals surface area contributed by atoms with Crippen LogP contribution in [0.1, 0.15) is 26.7 Å². The van der Waals surface area contributed by atoms with Gasteiger partial charge in [-0.15, -0.1) is 12.6 Å². The molecule has 88 valence electrons. The summed E-state index contributed by atoms with van der Waals surface area (Å²) in [4.78, 5) is 15.7. The fourth-order valence-electron chi connectivity index (χ4n) is 1.83. The second-order valence-corrected chi connectivity index (χ2v) is 5.37. The molecule has 1 aliphatic heterocycles. The SMILES string of the molecule is CC1(C)N=C(Cl)C(C(=O)S)=C(C2CC2)N1N. The van der Waals surface area contributed by atoms with Gasteiger partial charge in [-0.1, -0.05) is 11.6 Å². The van der Waals surface area contributed by atoms with Crippen molar-refractivity contribution in [1.29, 1.82) is 0 Å². The minimum Gasteiger partial charge on any atom is -0.288 e. The first-order valence-corrected chi connectivity index (χ1v) is 5.95. The maximum Gasteiger partial charge on any atom is 0.221 e. The van der Waals surface area contributed by atoms with Crippen LogP contribution in [0, 0.1) is 5.92 Å². The van der Waals surface area contributed by atoms with Crippen LogP contribution in [-0.2, 0) is 4.79 Å². The molecule has 0 radical (unpaired) electrons. The lowest BCUT2D eigenvalue weighted by atomic mass is 10.1. The van der Waals surface area contributed by atoms with E-state index in [4.69, 9.17) is 17.4 Å². The van der Waals surface area contributed by atoms with E-state index in [1.54, 1.807) is 5.01 Å². The maximum atomic E-state index is 11.5. The van der Waals surface area contributed by atoms with Crippen molar-refractivity contribution in [1.82, 2.24) is 5.01 Å². The van der Waals surface area contributed by atoms with Crippen molar-refractivity contribution in [2.24, 2.45) is 16.8 Å². The number of hydrogen-bond donors (Lipinski definition) is 2. The van der Waals surface area contributed by atoms with E-state index >= 15 is 0 Å². The average molecular weight is 260 g/mol. The van der Waals surface area contributed by atoms with Gasteiger partial charge in [0.2, 0.25) is 5.12 Å². The van der Waals surface area contributed by atoms with Crippen molar-refractivity contribution < 1.29 is 4.79 Å². The monoisotopic (exact) mass is 259 g/mol. The smallest absolute Gasteiger partial charge is 0.221 e. The van der Waals surface area contributed by atoms with E-state index in [1.807, 2.05) is 13.8 Å². The number of nitrogens with two attached hydrogens (primary N) is 1. The maximum absolute atomic E-state index is 11.5. The van der Waals surface area contributed by atoms with Crippen molar-refractivity contribution in [3.05, 3.63) is 11.3 Å². The van der Waals surface area contributed by atoms with E-state index in [-0.39, 0.29) is 10.3 Å². The third-order valence-corrected chi connectivity index (χ3v) is 3.36. The van der Waals surface area contributed by atoms with Gasteiger partial charge in [-0.3, -0.25) is 9.80 Å². The highest BCUT2D eigenvalue weighted by atomic mass is 35.5. The summed E-state index contributed by atoms with van der Waals surface area (Å²) >= 11 is 9.87. The lowest BCUT2D eigenvalue weighted by Gasteiger charge is -2.39. The number of nitrogens with zero attached hydrogens (tertiary/aromatic N) is 2. The molecule has 0 amide bonds. The zero-order chi connectivity index (χ0) is 12.1. The Morgan fingerprint density at radius 3 is 2.62 bits per heavy atom. The van der Waals surface area contributed by atoms with Crippen LogP contribution in [0.15, 0.2) is 16.3 Å². The summed E-state index contributed by atoms with van der Waals surface area (Å²) in [5.74, 6) is 6.33. The minimum absolute atomic E-state index is 0.216. The van der Waals surface area contributed by atoms with Crippen molar-refractivity contribution >= 4 is 34.5 Å². The second kappa shape index (κ2) is 3.75. The van der Waals surface area contributed by atoms with Crippen molar-refractivity contribution in [2.75, 3.05) is 0 Å². The zero-order valence-electron chi connectivity index (χ0n) is 9.20. The molecule has 0 saturated heterocycles. The summed E-state index contributed by atoms with van der Waals surface area (Å²) in [6, 6.07) is 0. The van der Waals surface area contributed by atoms with Crippen molar-refractivity contribution in [2.45, 2.75) is 32.4 Å². The molecule has 2 N–H and O–H groups in total. The first kappa shape index (κ1) is 12.0. The predicted octanol–water partition coefficient (Wildman–Crippen LogP) is 1.67. The molecule has 2 rings (SSSR count). The molecule has 0 bridgehead atoms. The van der Waals surface area contributed by atoms with Gasteiger partial charge in [-0.05, 0) is 26.7 Å². The lowest BCUT2D eigenvalue weighted by molar-refractivity contribution is -0.107. The summed E-state index contributed by atoms with van der Waals surface area (Å²) in [5.41, 5.74) is 0.529. The Balaban J connectivity index is 2.54. The molecule has 1 saturated carbocycles. The van der Waals surface area contributed by atoms with E-state index < -0.39 is 5.66 Å². The number of aliphatic imine (C=N–C) groups is 1. The van der Waals surface area contributed by atoms with Crippen molar-refractivity contribution in [3.8, 4) is 0 Å². The normalized spacial score (nSPS) is 24.6. The second-order valence-electron chi connectivity index (χ2n) is 4.61. The Kier molecular flexibility index (Phi) is 2.80. The van der Waals surface area contributed by atoms with Crippen LogP contribution in [0.5, 0.6) is 0 Å². The minimum atomic E-state index is -0.609. The molecule has 0 aromatic heterocycles. The Morgan fingerprint density at radius 1 is 1.62 bits per heavy atom. The number of hydrazine groups is 1. The fourth-order valence-corrected chi connectivity index (χ4v) is 2.50. The molecule has 0 aromatic rings. The molecule has 2 aliphatic rings. The molecule has 16 heavy (non-hydrogen) atoms. The number of hydrogen-bond acceptors (Lipinski definition) is 4. The number of thiol groups is 1. The van der Waals surface area contributed by atoms with Crippen LogP contribution in [0.3, 0.4) is 0 Å². The van der Waals surface area contributed by atoms with E-state index in [2.05, 4.69) is 17.6 Å². The molecule has 0 atom stereocenters. The summed E-state index contributed by atoms with van der Waals surface area (Å²) in [6.07, 6.45) is 2.07. The first-order chi connectivity index (χ1) is 7.34. The van der Waals surface area contributed by atoms with Crippen LogP contribution in [0.2, 0.25) is 0 Å². The molecular weight excluding hydrogens is 246 g/mol. The van der Waals surface area contributed by atoms with Crippen molar-refractivity contribution in [3.63, 3.8) is 0 Å². The summed E-state index contributed by atoms with van der Waals surface area (Å²) in [5, 5.41) is 1.38. The van der Waals surface area contributed by atoms with Crippen LogP contribution in [0.25, 0.3) is 0 Å². The molecule has 4 nitrogen and oxygen atoms in total. The van der Waals surface area contributed by atoms with Crippen LogP contribution in [0.4, 0.5) is 0 Å². The summed E-state index contributed by atoms with van der Waals surface area (Å²) < 4.78 is 0. The molecule has 0 aromatic carbocycles. The third-order valence-electron chi connectivity index (χ3n) is 2.86. The largest absolute Gasteiger partial charge is 0.288 e. The third kappa shape index (κ3) is 1.87. The topological polar surface area (TPSA) is 58.7 Å². The van der Waals surface area contributed by atoms with Crippen LogP contribution >= 0.6 is 24.2 Å². The van der Waals surface area contributed by atoms with Gasteiger partial charge in [0.05, 0.1) is 5.57 Å². The number of rotatable bonds is 2. The summed E-state index contributed by atoms with van der Waals surface area (Å²) in [6.45, 7) is 3.72. The van der Waals surface area contributed by atoms with Gasteiger partial charge in [0, 0.05) is 11.6 Å². The number of halogens is 1. The van der Waals surface area contributed by atoms with Gasteiger partial charge in [-0.25, -0.2) is 10.8 Å². The molecule has 6 heteroatoms. The van der Waals surface area contributed by atoms with Gasteiger partial charge in [-0.2, -0.15) is 0 Å². The van der Waals surface area contributed by atoms with E-state index in [9.17, 15) is 4.79 Å². The number of allylic oxidation sites excluding steroid dienone is 1. The Morgan fingerprint density at radius 2 is 2.19 bits per heavy atom. The standard InChI is InChI=1S/C10H14ClN3OS/c1-10(2)13-8(11)6(9(15)16)7(14(10)12)5-3-4-5/h5H,3-4,12H2,1-2H3,(H,15,16). The van der Waals surface area contributed by atoms with Gasteiger partial charge in [0.25, 0.3) is 0 Å². The van der Waals surface area contributed by atoms with E-state index in [0.29, 0.717) is 11.5 Å². The highest BCUT2D eigenvalue weighted by Gasteiger charge is 2.42. The number of carbonyl (C=O) groups is 1. The van der Waals surface area contributed by atoms with Gasteiger partial charge < -0.3 is 0 Å². The number of carbonyl (C=O) groups excluding carboxylic acids is 1. The average Bonchev–Trinajstić information content (AvgIpc) is 2.92. The molecular formula is C10H14ClN3OS. The van der Waals surface area contributed by atoms with E-state index in [0.717, 1.165) is 18.5 Å². The Labute approximate surface area is 105 Å². The Bertz CT molecular complexity index is 412. The van der Waals surface area contributed by atoms with Crippen LogP contribution in [-0.4, -0.2) is 21.0 Å².